The topological polar surface area (TPSA) is 89.3 Å². The molecule has 2 rings (SSSR count). The number of hydrogen-bond acceptors (Lipinski definition) is 3. The van der Waals surface area contributed by atoms with Gasteiger partial charge in [0.2, 0.25) is 10.0 Å². The molecule has 0 aliphatic heterocycles. The number of aryl methyl sites for hydroxylation is 1. The first-order chi connectivity index (χ1) is 9.65. The molecule has 0 aromatic heterocycles. The maximum Gasteiger partial charge on any atom is 0.251 e. The van der Waals surface area contributed by atoms with Gasteiger partial charge in [0, 0.05) is 12.1 Å². The Kier molecular flexibility index (Phi) is 4.13. The molecule has 0 saturated heterocycles. The number of sulfonamides is 1. The van der Waals surface area contributed by atoms with Crippen molar-refractivity contribution in [1.82, 2.24) is 5.32 Å². The second kappa shape index (κ2) is 5.42. The molecule has 0 spiro atoms. The lowest BCUT2D eigenvalue weighted by atomic mass is 10.0. The first kappa shape index (κ1) is 16.0. The van der Waals surface area contributed by atoms with E-state index in [1.165, 1.54) is 12.1 Å². The minimum absolute atomic E-state index is 0.0309. The van der Waals surface area contributed by atoms with Crippen molar-refractivity contribution in [2.75, 3.05) is 6.54 Å². The van der Waals surface area contributed by atoms with Crippen LogP contribution in [0.3, 0.4) is 0 Å². The molecule has 1 aliphatic carbocycles. The first-order valence-electron chi connectivity index (χ1n) is 7.09. The molecule has 3 N–H and O–H groups in total. The molecule has 1 aromatic carbocycles. The van der Waals surface area contributed by atoms with E-state index >= 15 is 0 Å². The third-order valence-corrected chi connectivity index (χ3v) is 5.17. The van der Waals surface area contributed by atoms with Crippen LogP contribution in [0, 0.1) is 11.3 Å². The Bertz CT molecular complexity index is 665. The molecule has 0 bridgehead atoms. The fourth-order valence-electron chi connectivity index (χ4n) is 2.49. The number of nitrogens with one attached hydrogen (secondary N) is 1. The van der Waals surface area contributed by atoms with Crippen LogP contribution >= 0.6 is 0 Å². The maximum absolute atomic E-state index is 12.3. The average Bonchev–Trinajstić information content (AvgIpc) is 3.01. The van der Waals surface area contributed by atoms with E-state index < -0.39 is 10.0 Å². The summed E-state index contributed by atoms with van der Waals surface area (Å²) in [6.45, 7) is 6.88. The van der Waals surface area contributed by atoms with Gasteiger partial charge in [-0.1, -0.05) is 26.8 Å². The molecular weight excluding hydrogens is 288 g/mol. The van der Waals surface area contributed by atoms with Crippen LogP contribution in [0.4, 0.5) is 0 Å². The number of primary sulfonamides is 1. The molecular formula is C15H22N2O3S. The zero-order valence-electron chi connectivity index (χ0n) is 12.6. The number of hydrogen-bond donors (Lipinski definition) is 2. The lowest BCUT2D eigenvalue weighted by Crippen LogP contribution is -2.28. The van der Waals surface area contributed by atoms with Crippen molar-refractivity contribution in [2.24, 2.45) is 16.5 Å². The zero-order valence-corrected chi connectivity index (χ0v) is 13.5. The van der Waals surface area contributed by atoms with Gasteiger partial charge < -0.3 is 5.32 Å². The van der Waals surface area contributed by atoms with Gasteiger partial charge in [-0.15, -0.1) is 0 Å². The Morgan fingerprint density at radius 3 is 2.52 bits per heavy atom. The van der Waals surface area contributed by atoms with Crippen LogP contribution in [-0.2, 0) is 16.4 Å². The molecule has 1 amide bonds. The number of amides is 1. The molecule has 21 heavy (non-hydrogen) atoms. The monoisotopic (exact) mass is 310 g/mol. The number of carbonyl (C=O) groups excluding carboxylic acids is 1. The normalized spacial score (nSPS) is 20.1. The highest BCUT2D eigenvalue weighted by Crippen LogP contribution is 2.50. The van der Waals surface area contributed by atoms with E-state index in [9.17, 15) is 13.2 Å². The SMILES string of the molecule is CCc1ccc(S(N)(=O)=O)cc1C(=O)NCC1CC1(C)C. The average molecular weight is 310 g/mol. The third kappa shape index (κ3) is 3.63. The predicted octanol–water partition coefficient (Wildman–Crippen LogP) is 1.67. The molecule has 6 heteroatoms. The highest BCUT2D eigenvalue weighted by molar-refractivity contribution is 7.89. The van der Waals surface area contributed by atoms with E-state index in [1.807, 2.05) is 6.92 Å². The van der Waals surface area contributed by atoms with E-state index in [1.54, 1.807) is 6.07 Å². The largest absolute Gasteiger partial charge is 0.352 e. The Hall–Kier alpha value is -1.40. The van der Waals surface area contributed by atoms with Crippen molar-refractivity contribution in [3.05, 3.63) is 29.3 Å². The molecule has 1 aliphatic rings. The minimum Gasteiger partial charge on any atom is -0.352 e. The number of carbonyl (C=O) groups is 1. The van der Waals surface area contributed by atoms with Crippen molar-refractivity contribution in [3.63, 3.8) is 0 Å². The van der Waals surface area contributed by atoms with Crippen LogP contribution < -0.4 is 10.5 Å². The van der Waals surface area contributed by atoms with Crippen molar-refractivity contribution < 1.29 is 13.2 Å². The van der Waals surface area contributed by atoms with Gasteiger partial charge in [0.25, 0.3) is 5.91 Å². The molecule has 1 fully saturated rings. The summed E-state index contributed by atoms with van der Waals surface area (Å²) in [6, 6.07) is 4.45. The second-order valence-corrected chi connectivity index (χ2v) is 7.88. The molecule has 0 radical (unpaired) electrons. The Morgan fingerprint density at radius 2 is 2.05 bits per heavy atom. The third-order valence-electron chi connectivity index (χ3n) is 4.26. The quantitative estimate of drug-likeness (QED) is 0.867. The number of rotatable bonds is 5. The molecule has 1 atom stereocenters. The molecule has 0 heterocycles. The van der Waals surface area contributed by atoms with Crippen LogP contribution in [0.1, 0.15) is 43.1 Å². The Morgan fingerprint density at radius 1 is 1.43 bits per heavy atom. The maximum atomic E-state index is 12.3. The standard InChI is InChI=1S/C15H22N2O3S/c1-4-10-5-6-12(21(16,19)20)7-13(10)14(18)17-9-11-8-15(11,2)3/h5-7,11H,4,8-9H2,1-3H3,(H,17,18)(H2,16,19,20). The van der Waals surface area contributed by atoms with Gasteiger partial charge in [-0.2, -0.15) is 0 Å². The van der Waals surface area contributed by atoms with Gasteiger partial charge in [-0.25, -0.2) is 13.6 Å². The summed E-state index contributed by atoms with van der Waals surface area (Å²) in [6.07, 6.45) is 1.76. The predicted molar refractivity (Wildman–Crippen MR) is 81.4 cm³/mol. The summed E-state index contributed by atoms with van der Waals surface area (Å²) in [5, 5.41) is 8.02. The number of nitrogens with two attached hydrogens (primary N) is 1. The zero-order chi connectivity index (χ0) is 15.8. The minimum atomic E-state index is -3.80. The summed E-state index contributed by atoms with van der Waals surface area (Å²) < 4.78 is 22.8. The van der Waals surface area contributed by atoms with E-state index in [0.29, 0.717) is 29.9 Å². The Labute approximate surface area is 126 Å². The van der Waals surface area contributed by atoms with Gasteiger partial charge >= 0.3 is 0 Å². The van der Waals surface area contributed by atoms with Crippen LogP contribution in [0.5, 0.6) is 0 Å². The highest BCUT2D eigenvalue weighted by atomic mass is 32.2. The first-order valence-corrected chi connectivity index (χ1v) is 8.63. The van der Waals surface area contributed by atoms with E-state index in [0.717, 1.165) is 12.0 Å². The van der Waals surface area contributed by atoms with Gasteiger partial charge in [-0.05, 0) is 41.9 Å². The molecule has 1 saturated carbocycles. The molecule has 116 valence electrons. The summed E-state index contributed by atoms with van der Waals surface area (Å²) in [7, 11) is -3.80. The molecule has 1 unspecified atom stereocenters. The van der Waals surface area contributed by atoms with E-state index in [-0.39, 0.29) is 10.8 Å². The fraction of sp³-hybridized carbons (Fsp3) is 0.533. The summed E-state index contributed by atoms with van der Waals surface area (Å²) >= 11 is 0. The number of benzene rings is 1. The van der Waals surface area contributed by atoms with Gasteiger partial charge in [0.05, 0.1) is 4.90 Å². The van der Waals surface area contributed by atoms with Gasteiger partial charge in [0.1, 0.15) is 0 Å². The summed E-state index contributed by atoms with van der Waals surface area (Å²) in [5.41, 5.74) is 1.50. The van der Waals surface area contributed by atoms with Gasteiger partial charge in [0.15, 0.2) is 0 Å². The van der Waals surface area contributed by atoms with Crippen molar-refractivity contribution in [2.45, 2.75) is 38.5 Å². The second-order valence-electron chi connectivity index (χ2n) is 6.32. The van der Waals surface area contributed by atoms with Crippen molar-refractivity contribution in [1.29, 1.82) is 0 Å². The lowest BCUT2D eigenvalue weighted by Gasteiger charge is -2.11. The van der Waals surface area contributed by atoms with Crippen LogP contribution in [-0.4, -0.2) is 20.9 Å². The fourth-order valence-corrected chi connectivity index (χ4v) is 3.03. The van der Waals surface area contributed by atoms with Crippen LogP contribution in [0.15, 0.2) is 23.1 Å². The van der Waals surface area contributed by atoms with Crippen molar-refractivity contribution >= 4 is 15.9 Å². The smallest absolute Gasteiger partial charge is 0.251 e. The summed E-state index contributed by atoms with van der Waals surface area (Å²) in [4.78, 5) is 12.3. The summed E-state index contributed by atoms with van der Waals surface area (Å²) in [5.74, 6) is 0.257. The van der Waals surface area contributed by atoms with E-state index in [4.69, 9.17) is 5.14 Å². The van der Waals surface area contributed by atoms with E-state index in [2.05, 4.69) is 19.2 Å². The Balaban J connectivity index is 2.18. The van der Waals surface area contributed by atoms with Crippen LogP contribution in [0.2, 0.25) is 0 Å². The highest BCUT2D eigenvalue weighted by Gasteiger charge is 2.45. The molecule has 1 aromatic rings. The van der Waals surface area contributed by atoms with Gasteiger partial charge in [-0.3, -0.25) is 4.79 Å². The molecule has 5 nitrogen and oxygen atoms in total. The van der Waals surface area contributed by atoms with Crippen molar-refractivity contribution in [3.8, 4) is 0 Å². The lowest BCUT2D eigenvalue weighted by molar-refractivity contribution is 0.0949. The van der Waals surface area contributed by atoms with Crippen LogP contribution in [0.25, 0.3) is 0 Å².